The minimum atomic E-state index is 0.167. The second kappa shape index (κ2) is 4.55. The summed E-state index contributed by atoms with van der Waals surface area (Å²) < 4.78 is 0. The zero-order valence-corrected chi connectivity index (χ0v) is 9.00. The molecule has 0 aliphatic heterocycles. The second-order valence-electron chi connectivity index (χ2n) is 3.20. The van der Waals surface area contributed by atoms with Gasteiger partial charge >= 0.3 is 0 Å². The highest BCUT2D eigenvalue weighted by atomic mass is 32.2. The van der Waals surface area contributed by atoms with E-state index in [1.165, 1.54) is 0 Å². The van der Waals surface area contributed by atoms with Crippen molar-refractivity contribution in [2.75, 3.05) is 12.4 Å². The van der Waals surface area contributed by atoms with Gasteiger partial charge in [0.2, 0.25) is 0 Å². The Bertz CT molecular complexity index is 468. The van der Waals surface area contributed by atoms with Gasteiger partial charge in [0.15, 0.2) is 0 Å². The molecule has 78 valence electrons. The molecule has 15 heavy (non-hydrogen) atoms. The topological polar surface area (TPSA) is 40.5 Å². The van der Waals surface area contributed by atoms with Gasteiger partial charge in [-0.3, -0.25) is 0 Å². The molecule has 0 aliphatic carbocycles. The van der Waals surface area contributed by atoms with Gasteiger partial charge in [0.1, 0.15) is 5.75 Å². The second-order valence-corrected chi connectivity index (χ2v) is 4.34. The molecule has 0 saturated heterocycles. The number of thioether (sulfide) groups is 1. The first-order valence-corrected chi connectivity index (χ1v) is 5.76. The Morgan fingerprint density at radius 3 is 2.47 bits per heavy atom. The maximum Gasteiger partial charge on any atom is 0.123 e. The molecule has 0 atom stereocenters. The van der Waals surface area contributed by atoms with Gasteiger partial charge < -0.3 is 10.2 Å². The Hall–Kier alpha value is -1.19. The lowest BCUT2D eigenvalue weighted by molar-refractivity contribution is 0.322. The minimum Gasteiger partial charge on any atom is -0.507 e. The molecule has 0 bridgehead atoms. The third-order valence-electron chi connectivity index (χ3n) is 2.21. The van der Waals surface area contributed by atoms with Crippen LogP contribution >= 0.6 is 11.8 Å². The summed E-state index contributed by atoms with van der Waals surface area (Å²) in [5.74, 6) is 0.980. The average molecular weight is 220 g/mol. The van der Waals surface area contributed by atoms with Gasteiger partial charge in [0.25, 0.3) is 0 Å². The summed E-state index contributed by atoms with van der Waals surface area (Å²) in [4.78, 5) is 1.09. The summed E-state index contributed by atoms with van der Waals surface area (Å²) in [6, 6.07) is 11.3. The Morgan fingerprint density at radius 1 is 1.00 bits per heavy atom. The van der Waals surface area contributed by atoms with Crippen molar-refractivity contribution >= 4 is 22.5 Å². The Kier molecular flexibility index (Phi) is 3.14. The third kappa shape index (κ3) is 2.08. The normalized spacial score (nSPS) is 10.7. The van der Waals surface area contributed by atoms with Crippen molar-refractivity contribution in [2.45, 2.75) is 4.90 Å². The summed E-state index contributed by atoms with van der Waals surface area (Å²) in [6.45, 7) is 0.167. The smallest absolute Gasteiger partial charge is 0.123 e. The number of hydrogen-bond acceptors (Lipinski definition) is 3. The molecule has 0 unspecified atom stereocenters. The zero-order valence-electron chi connectivity index (χ0n) is 8.18. The van der Waals surface area contributed by atoms with E-state index < -0.39 is 0 Å². The van der Waals surface area contributed by atoms with Crippen LogP contribution in [0.1, 0.15) is 0 Å². The number of hydrogen-bond donors (Lipinski definition) is 2. The van der Waals surface area contributed by atoms with E-state index in [2.05, 4.69) is 0 Å². The monoisotopic (exact) mass is 220 g/mol. The SMILES string of the molecule is OCCSc1ccc(O)c2ccccc12. The molecule has 0 radical (unpaired) electrons. The van der Waals surface area contributed by atoms with Crippen LogP contribution in [0.2, 0.25) is 0 Å². The van der Waals surface area contributed by atoms with Gasteiger partial charge in [-0.1, -0.05) is 24.3 Å². The fraction of sp³-hybridized carbons (Fsp3) is 0.167. The van der Waals surface area contributed by atoms with Crippen molar-refractivity contribution in [3.8, 4) is 5.75 Å². The Morgan fingerprint density at radius 2 is 1.73 bits per heavy atom. The number of benzene rings is 2. The molecular formula is C12H12O2S. The van der Waals surface area contributed by atoms with Crippen molar-refractivity contribution in [2.24, 2.45) is 0 Å². The maximum atomic E-state index is 9.66. The maximum absolute atomic E-state index is 9.66. The van der Waals surface area contributed by atoms with Crippen molar-refractivity contribution in [1.82, 2.24) is 0 Å². The van der Waals surface area contributed by atoms with Crippen molar-refractivity contribution in [3.05, 3.63) is 36.4 Å². The van der Waals surface area contributed by atoms with Crippen LogP contribution in [0.4, 0.5) is 0 Å². The van der Waals surface area contributed by atoms with Gasteiger partial charge in [-0.15, -0.1) is 11.8 Å². The molecule has 0 spiro atoms. The van der Waals surface area contributed by atoms with Crippen LogP contribution < -0.4 is 0 Å². The third-order valence-corrected chi connectivity index (χ3v) is 3.26. The molecule has 2 aromatic rings. The Balaban J connectivity index is 2.51. The van der Waals surface area contributed by atoms with Crippen LogP contribution in [0.5, 0.6) is 5.75 Å². The van der Waals surface area contributed by atoms with E-state index in [0.29, 0.717) is 11.5 Å². The summed E-state index contributed by atoms with van der Waals surface area (Å²) in [5.41, 5.74) is 0. The molecule has 3 heteroatoms. The van der Waals surface area contributed by atoms with Crippen LogP contribution in [-0.4, -0.2) is 22.6 Å². The molecule has 2 rings (SSSR count). The van der Waals surface area contributed by atoms with E-state index in [4.69, 9.17) is 5.11 Å². The molecule has 2 N–H and O–H groups in total. The van der Waals surface area contributed by atoms with Crippen LogP contribution in [0.25, 0.3) is 10.8 Å². The van der Waals surface area contributed by atoms with Crippen molar-refractivity contribution in [1.29, 1.82) is 0 Å². The molecule has 0 saturated carbocycles. The van der Waals surface area contributed by atoms with Gasteiger partial charge in [0.05, 0.1) is 6.61 Å². The highest BCUT2D eigenvalue weighted by Gasteiger charge is 2.04. The van der Waals surface area contributed by atoms with Crippen LogP contribution in [-0.2, 0) is 0 Å². The molecule has 0 aliphatic rings. The molecule has 0 heterocycles. The quantitative estimate of drug-likeness (QED) is 0.781. The van der Waals surface area contributed by atoms with E-state index in [0.717, 1.165) is 15.7 Å². The van der Waals surface area contributed by atoms with Crippen LogP contribution in [0, 0.1) is 0 Å². The van der Waals surface area contributed by atoms with Crippen molar-refractivity contribution < 1.29 is 10.2 Å². The van der Waals surface area contributed by atoms with E-state index >= 15 is 0 Å². The van der Waals surface area contributed by atoms with Gasteiger partial charge in [0, 0.05) is 16.0 Å². The Labute approximate surface area is 92.6 Å². The standard InChI is InChI=1S/C12H12O2S/c13-7-8-15-12-6-5-11(14)9-3-1-2-4-10(9)12/h1-6,13-14H,7-8H2. The molecule has 0 aromatic heterocycles. The summed E-state index contributed by atoms with van der Waals surface area (Å²) in [5, 5.41) is 20.3. The lowest BCUT2D eigenvalue weighted by atomic mass is 10.1. The van der Waals surface area contributed by atoms with Gasteiger partial charge in [-0.05, 0) is 17.5 Å². The summed E-state index contributed by atoms with van der Waals surface area (Å²) >= 11 is 1.60. The highest BCUT2D eigenvalue weighted by molar-refractivity contribution is 7.99. The lowest BCUT2D eigenvalue weighted by Crippen LogP contribution is -1.86. The molecular weight excluding hydrogens is 208 g/mol. The average Bonchev–Trinajstić information content (AvgIpc) is 2.29. The van der Waals surface area contributed by atoms with Crippen LogP contribution in [0.15, 0.2) is 41.3 Å². The lowest BCUT2D eigenvalue weighted by Gasteiger charge is -2.06. The number of aliphatic hydroxyl groups is 1. The van der Waals surface area contributed by atoms with E-state index in [-0.39, 0.29) is 6.61 Å². The number of phenolic OH excluding ortho intramolecular Hbond substituents is 1. The van der Waals surface area contributed by atoms with E-state index in [1.54, 1.807) is 17.8 Å². The number of phenols is 1. The fourth-order valence-electron chi connectivity index (χ4n) is 1.54. The summed E-state index contributed by atoms with van der Waals surface area (Å²) in [7, 11) is 0. The first kappa shape index (κ1) is 10.3. The number of rotatable bonds is 3. The fourth-order valence-corrected chi connectivity index (χ4v) is 2.35. The first-order valence-electron chi connectivity index (χ1n) is 4.77. The van der Waals surface area contributed by atoms with Gasteiger partial charge in [-0.25, -0.2) is 0 Å². The molecule has 0 fully saturated rings. The first-order chi connectivity index (χ1) is 7.33. The molecule has 2 nitrogen and oxygen atoms in total. The van der Waals surface area contributed by atoms with Crippen molar-refractivity contribution in [3.63, 3.8) is 0 Å². The van der Waals surface area contributed by atoms with E-state index in [9.17, 15) is 5.11 Å². The predicted octanol–water partition coefficient (Wildman–Crippen LogP) is 2.63. The largest absolute Gasteiger partial charge is 0.507 e. The van der Waals surface area contributed by atoms with Gasteiger partial charge in [-0.2, -0.15) is 0 Å². The molecule has 0 amide bonds. The summed E-state index contributed by atoms with van der Waals surface area (Å²) in [6.07, 6.45) is 0. The number of aromatic hydroxyl groups is 1. The van der Waals surface area contributed by atoms with Crippen LogP contribution in [0.3, 0.4) is 0 Å². The number of fused-ring (bicyclic) bond motifs is 1. The molecule has 2 aromatic carbocycles. The zero-order chi connectivity index (χ0) is 10.7. The predicted molar refractivity (Wildman–Crippen MR) is 63.4 cm³/mol. The van der Waals surface area contributed by atoms with E-state index in [1.807, 2.05) is 30.3 Å². The number of aliphatic hydroxyl groups excluding tert-OH is 1. The highest BCUT2D eigenvalue weighted by Crippen LogP contribution is 2.32. The minimum absolute atomic E-state index is 0.167.